The SMILES string of the molecule is C[C@H](CC1CCCCC1)C(=O)C1CCCC12CNCCC2(O)Cn1cc(C(=O)O)ncc1=O. The van der Waals surface area contributed by atoms with Gasteiger partial charge in [-0.1, -0.05) is 45.4 Å². The number of aromatic nitrogens is 2. The quantitative estimate of drug-likeness (QED) is 0.573. The van der Waals surface area contributed by atoms with Crippen LogP contribution in [0.2, 0.25) is 0 Å². The van der Waals surface area contributed by atoms with Crippen LogP contribution < -0.4 is 10.9 Å². The zero-order chi connectivity index (χ0) is 23.6. The maximum absolute atomic E-state index is 13.7. The van der Waals surface area contributed by atoms with E-state index in [0.29, 0.717) is 31.8 Å². The van der Waals surface area contributed by atoms with Crippen LogP contribution >= 0.6 is 0 Å². The van der Waals surface area contributed by atoms with Gasteiger partial charge in [-0.15, -0.1) is 0 Å². The van der Waals surface area contributed by atoms with E-state index in [1.807, 2.05) is 6.92 Å². The molecular weight excluding hydrogens is 422 g/mol. The van der Waals surface area contributed by atoms with Gasteiger partial charge in [-0.3, -0.25) is 9.59 Å². The zero-order valence-corrected chi connectivity index (χ0v) is 19.6. The minimum absolute atomic E-state index is 0.0307. The van der Waals surface area contributed by atoms with E-state index in [-0.39, 0.29) is 29.9 Å². The van der Waals surface area contributed by atoms with Gasteiger partial charge in [-0.2, -0.15) is 0 Å². The summed E-state index contributed by atoms with van der Waals surface area (Å²) in [4.78, 5) is 41.3. The number of piperidine rings is 1. The van der Waals surface area contributed by atoms with Crippen LogP contribution in [0.1, 0.15) is 81.6 Å². The highest BCUT2D eigenvalue weighted by Crippen LogP contribution is 2.54. The van der Waals surface area contributed by atoms with Crippen molar-refractivity contribution in [3.05, 3.63) is 28.4 Å². The van der Waals surface area contributed by atoms with E-state index in [9.17, 15) is 24.6 Å². The Morgan fingerprint density at radius 2 is 1.97 bits per heavy atom. The van der Waals surface area contributed by atoms with E-state index in [1.165, 1.54) is 42.9 Å². The third-order valence-electron chi connectivity index (χ3n) is 8.63. The molecule has 0 amide bonds. The maximum Gasteiger partial charge on any atom is 0.356 e. The number of nitrogens with one attached hydrogen (secondary N) is 1. The average molecular weight is 460 g/mol. The predicted octanol–water partition coefficient (Wildman–Crippen LogP) is 2.63. The third-order valence-corrected chi connectivity index (χ3v) is 8.63. The van der Waals surface area contributed by atoms with Crippen molar-refractivity contribution in [1.82, 2.24) is 14.9 Å². The summed E-state index contributed by atoms with van der Waals surface area (Å²) in [5.74, 6) is -0.662. The molecule has 0 aromatic carbocycles. The molecule has 1 aromatic rings. The molecule has 3 fully saturated rings. The van der Waals surface area contributed by atoms with E-state index in [4.69, 9.17) is 0 Å². The number of carbonyl (C=O) groups is 2. The standard InChI is InChI=1S/C25H37N3O5/c1-17(12-18-6-3-2-4-7-18)22(30)19-8-5-9-24(19)15-26-11-10-25(24,33)16-28-14-20(23(31)32)27-13-21(28)29/h13-14,17-19,26,33H,2-12,15-16H2,1H3,(H,31,32)/t17-,19?,24?,25?/m1/s1. The van der Waals surface area contributed by atoms with Crippen LogP contribution in [-0.2, 0) is 11.3 Å². The highest BCUT2D eigenvalue weighted by molar-refractivity contribution is 5.85. The summed E-state index contributed by atoms with van der Waals surface area (Å²) in [6.45, 7) is 3.13. The van der Waals surface area contributed by atoms with Crippen LogP contribution in [0.5, 0.6) is 0 Å². The molecule has 3 N–H and O–H groups in total. The first kappa shape index (κ1) is 24.1. The predicted molar refractivity (Wildman–Crippen MR) is 123 cm³/mol. The van der Waals surface area contributed by atoms with Gasteiger partial charge < -0.3 is 20.1 Å². The van der Waals surface area contributed by atoms with Crippen molar-refractivity contribution in [1.29, 1.82) is 0 Å². The molecule has 8 heteroatoms. The number of carboxylic acid groups (broad SMARTS) is 1. The molecule has 4 atom stereocenters. The molecule has 0 bridgehead atoms. The molecule has 1 saturated heterocycles. The summed E-state index contributed by atoms with van der Waals surface area (Å²) in [6.07, 6.45) is 12.1. The molecule has 1 aromatic heterocycles. The molecule has 1 aliphatic heterocycles. The zero-order valence-electron chi connectivity index (χ0n) is 19.6. The van der Waals surface area contributed by atoms with Gasteiger partial charge in [0.15, 0.2) is 5.69 Å². The molecule has 0 radical (unpaired) electrons. The molecule has 182 valence electrons. The van der Waals surface area contributed by atoms with Crippen molar-refractivity contribution < 1.29 is 19.8 Å². The molecule has 1 spiro atoms. The Morgan fingerprint density at radius 3 is 2.70 bits per heavy atom. The van der Waals surface area contributed by atoms with E-state index in [0.717, 1.165) is 25.5 Å². The summed E-state index contributed by atoms with van der Waals surface area (Å²) >= 11 is 0. The number of nitrogens with zero attached hydrogens (tertiary/aromatic N) is 2. The van der Waals surface area contributed by atoms with E-state index in [1.54, 1.807) is 0 Å². The Morgan fingerprint density at radius 1 is 1.21 bits per heavy atom. The summed E-state index contributed by atoms with van der Waals surface area (Å²) in [5, 5.41) is 24.7. The number of carbonyl (C=O) groups excluding carboxylic acids is 1. The topological polar surface area (TPSA) is 122 Å². The van der Waals surface area contributed by atoms with Crippen LogP contribution in [0.4, 0.5) is 0 Å². The molecule has 2 aliphatic carbocycles. The Bertz CT molecular complexity index is 940. The highest BCUT2D eigenvalue weighted by atomic mass is 16.4. The van der Waals surface area contributed by atoms with Crippen LogP contribution in [0.25, 0.3) is 0 Å². The summed E-state index contributed by atoms with van der Waals surface area (Å²) in [6, 6.07) is 0. The lowest BCUT2D eigenvalue weighted by Gasteiger charge is -2.52. The normalized spacial score (nSPS) is 31.5. The van der Waals surface area contributed by atoms with Gasteiger partial charge >= 0.3 is 5.97 Å². The largest absolute Gasteiger partial charge is 0.476 e. The third kappa shape index (κ3) is 4.64. The summed E-state index contributed by atoms with van der Waals surface area (Å²) in [7, 11) is 0. The van der Waals surface area contributed by atoms with Gasteiger partial charge in [0.25, 0.3) is 5.56 Å². The van der Waals surface area contributed by atoms with Crippen molar-refractivity contribution in [2.45, 2.75) is 83.3 Å². The second-order valence-corrected chi connectivity index (χ2v) is 10.6. The van der Waals surface area contributed by atoms with Crippen LogP contribution in [0.15, 0.2) is 17.2 Å². The van der Waals surface area contributed by atoms with E-state index < -0.39 is 22.5 Å². The molecule has 3 aliphatic rings. The highest BCUT2D eigenvalue weighted by Gasteiger charge is 2.60. The lowest BCUT2D eigenvalue weighted by molar-refractivity contribution is -0.156. The summed E-state index contributed by atoms with van der Waals surface area (Å²) < 4.78 is 1.26. The van der Waals surface area contributed by atoms with Gasteiger partial charge in [0.1, 0.15) is 5.78 Å². The Kier molecular flexibility index (Phi) is 7.05. The number of Topliss-reactive ketones (excluding diaryl/α,β-unsaturated/α-hetero) is 1. The second kappa shape index (κ2) is 9.66. The molecular formula is C25H37N3O5. The molecule has 8 nitrogen and oxygen atoms in total. The van der Waals surface area contributed by atoms with Crippen molar-refractivity contribution in [2.24, 2.45) is 23.2 Å². The van der Waals surface area contributed by atoms with Crippen molar-refractivity contribution in [3.63, 3.8) is 0 Å². The number of aliphatic hydroxyl groups is 1. The smallest absolute Gasteiger partial charge is 0.356 e. The number of hydrogen-bond acceptors (Lipinski definition) is 6. The first-order valence-electron chi connectivity index (χ1n) is 12.5. The van der Waals surface area contributed by atoms with Gasteiger partial charge in [0.05, 0.1) is 18.3 Å². The second-order valence-electron chi connectivity index (χ2n) is 10.6. The first-order chi connectivity index (χ1) is 15.8. The Labute approximate surface area is 194 Å². The number of rotatable bonds is 7. The minimum atomic E-state index is -1.28. The van der Waals surface area contributed by atoms with Crippen molar-refractivity contribution >= 4 is 11.8 Å². The van der Waals surface area contributed by atoms with Crippen LogP contribution in [0.3, 0.4) is 0 Å². The van der Waals surface area contributed by atoms with Crippen LogP contribution in [0, 0.1) is 23.2 Å². The monoisotopic (exact) mass is 459 g/mol. The fraction of sp³-hybridized carbons (Fsp3) is 0.760. The average Bonchev–Trinajstić information content (AvgIpc) is 3.22. The summed E-state index contributed by atoms with van der Waals surface area (Å²) in [5.41, 5.74) is -2.62. The van der Waals surface area contributed by atoms with Gasteiger partial charge in [0.2, 0.25) is 0 Å². The Hall–Kier alpha value is -2.06. The molecule has 2 heterocycles. The van der Waals surface area contributed by atoms with Crippen molar-refractivity contribution in [3.8, 4) is 0 Å². The molecule has 4 rings (SSSR count). The fourth-order valence-corrected chi connectivity index (χ4v) is 6.85. The van der Waals surface area contributed by atoms with Gasteiger partial charge in [-0.05, 0) is 38.1 Å². The lowest BCUT2D eigenvalue weighted by atomic mass is 9.59. The first-order valence-corrected chi connectivity index (χ1v) is 12.5. The number of hydrogen-bond donors (Lipinski definition) is 3. The van der Waals surface area contributed by atoms with E-state index >= 15 is 0 Å². The number of carboxylic acids is 1. The van der Waals surface area contributed by atoms with Crippen molar-refractivity contribution in [2.75, 3.05) is 13.1 Å². The Balaban J connectivity index is 1.59. The number of aromatic carboxylic acids is 1. The number of ketones is 1. The van der Waals surface area contributed by atoms with E-state index in [2.05, 4.69) is 10.3 Å². The van der Waals surface area contributed by atoms with Gasteiger partial charge in [0, 0.05) is 30.0 Å². The molecule has 2 saturated carbocycles. The molecule has 3 unspecified atom stereocenters. The molecule has 33 heavy (non-hydrogen) atoms. The lowest BCUT2D eigenvalue weighted by Crippen LogP contribution is -2.64. The van der Waals surface area contributed by atoms with Crippen LogP contribution in [-0.4, -0.2) is 50.2 Å². The fourth-order valence-electron chi connectivity index (χ4n) is 6.85. The maximum atomic E-state index is 13.7. The minimum Gasteiger partial charge on any atom is -0.476 e. The van der Waals surface area contributed by atoms with Gasteiger partial charge in [-0.25, -0.2) is 9.78 Å².